The minimum absolute atomic E-state index is 0.185. The van der Waals surface area contributed by atoms with E-state index in [4.69, 9.17) is 11.6 Å². The molecule has 0 aliphatic rings. The summed E-state index contributed by atoms with van der Waals surface area (Å²) in [7, 11) is 1.57. The second-order valence-corrected chi connectivity index (χ2v) is 4.66. The lowest BCUT2D eigenvalue weighted by Crippen LogP contribution is -2.17. The zero-order chi connectivity index (χ0) is 14.5. The normalized spacial score (nSPS) is 10.2. The molecule has 104 valence electrons. The Kier molecular flexibility index (Phi) is 4.58. The van der Waals surface area contributed by atoms with Crippen LogP contribution in [0.4, 0.5) is 10.1 Å². The average molecular weight is 293 g/mol. The van der Waals surface area contributed by atoms with Crippen molar-refractivity contribution in [1.29, 1.82) is 0 Å². The van der Waals surface area contributed by atoms with Gasteiger partial charge in [0.05, 0.1) is 10.7 Å². The van der Waals surface area contributed by atoms with Gasteiger partial charge < -0.3 is 10.6 Å². The molecule has 2 N–H and O–H groups in total. The lowest BCUT2D eigenvalue weighted by Gasteiger charge is -2.10. The fourth-order valence-corrected chi connectivity index (χ4v) is 1.97. The molecule has 0 unspecified atom stereocenters. The number of nitrogens with one attached hydrogen (secondary N) is 2. The zero-order valence-electron chi connectivity index (χ0n) is 10.9. The number of hydrogen-bond donors (Lipinski definition) is 2. The number of benzene rings is 2. The molecule has 0 aliphatic carbocycles. The summed E-state index contributed by atoms with van der Waals surface area (Å²) in [6.45, 7) is 0.425. The Morgan fingerprint density at radius 3 is 2.75 bits per heavy atom. The molecular formula is C15H14ClFN2O. The average Bonchev–Trinajstić information content (AvgIpc) is 2.45. The lowest BCUT2D eigenvalue weighted by molar-refractivity contribution is 0.0963. The van der Waals surface area contributed by atoms with E-state index in [0.29, 0.717) is 22.8 Å². The summed E-state index contributed by atoms with van der Waals surface area (Å²) < 4.78 is 13.1. The number of rotatable bonds is 4. The van der Waals surface area contributed by atoms with Gasteiger partial charge in [-0.05, 0) is 35.9 Å². The van der Waals surface area contributed by atoms with Crippen molar-refractivity contribution in [2.45, 2.75) is 6.54 Å². The van der Waals surface area contributed by atoms with Crippen molar-refractivity contribution in [3.63, 3.8) is 0 Å². The summed E-state index contributed by atoms with van der Waals surface area (Å²) in [6.07, 6.45) is 0. The van der Waals surface area contributed by atoms with Crippen molar-refractivity contribution < 1.29 is 9.18 Å². The molecule has 0 bridgehead atoms. The number of carbonyl (C=O) groups excluding carboxylic acids is 1. The molecule has 2 aromatic rings. The van der Waals surface area contributed by atoms with Gasteiger partial charge >= 0.3 is 0 Å². The molecule has 0 aliphatic heterocycles. The third-order valence-corrected chi connectivity index (χ3v) is 3.16. The van der Waals surface area contributed by atoms with Crippen LogP contribution >= 0.6 is 11.6 Å². The monoisotopic (exact) mass is 292 g/mol. The quantitative estimate of drug-likeness (QED) is 0.906. The molecule has 5 heteroatoms. The number of hydrogen-bond acceptors (Lipinski definition) is 2. The third-order valence-electron chi connectivity index (χ3n) is 2.83. The van der Waals surface area contributed by atoms with Gasteiger partial charge in [0, 0.05) is 19.2 Å². The van der Waals surface area contributed by atoms with E-state index in [1.165, 1.54) is 12.1 Å². The Bertz CT molecular complexity index is 631. The highest BCUT2D eigenvalue weighted by atomic mass is 35.5. The van der Waals surface area contributed by atoms with Crippen molar-refractivity contribution in [3.8, 4) is 0 Å². The number of carbonyl (C=O) groups is 1. The van der Waals surface area contributed by atoms with Crippen LogP contribution in [0.3, 0.4) is 0 Å². The molecule has 0 heterocycles. The van der Waals surface area contributed by atoms with Crippen LogP contribution in [0.1, 0.15) is 15.9 Å². The van der Waals surface area contributed by atoms with E-state index in [9.17, 15) is 9.18 Å². The first-order chi connectivity index (χ1) is 9.60. The predicted molar refractivity (Wildman–Crippen MR) is 78.6 cm³/mol. The number of amides is 1. The van der Waals surface area contributed by atoms with E-state index < -0.39 is 0 Å². The molecule has 2 aromatic carbocycles. The molecule has 3 nitrogen and oxygen atoms in total. The standard InChI is InChI=1S/C15H14ClFN2O/c1-18-15(20)11-5-6-13(16)14(8-11)19-9-10-3-2-4-12(17)7-10/h2-8,19H,9H2,1H3,(H,18,20). The first-order valence-corrected chi connectivity index (χ1v) is 6.48. The molecule has 0 spiro atoms. The van der Waals surface area contributed by atoms with E-state index in [2.05, 4.69) is 10.6 Å². The maximum atomic E-state index is 13.1. The van der Waals surface area contributed by atoms with E-state index in [-0.39, 0.29) is 11.7 Å². The van der Waals surface area contributed by atoms with E-state index >= 15 is 0 Å². The molecule has 0 saturated carbocycles. The lowest BCUT2D eigenvalue weighted by atomic mass is 10.1. The van der Waals surface area contributed by atoms with Gasteiger partial charge in [-0.2, -0.15) is 0 Å². The first-order valence-electron chi connectivity index (χ1n) is 6.10. The number of anilines is 1. The van der Waals surface area contributed by atoms with Gasteiger partial charge in [0.25, 0.3) is 5.91 Å². The van der Waals surface area contributed by atoms with Gasteiger partial charge in [0.15, 0.2) is 0 Å². The molecule has 20 heavy (non-hydrogen) atoms. The van der Waals surface area contributed by atoms with Gasteiger partial charge in [-0.1, -0.05) is 23.7 Å². The SMILES string of the molecule is CNC(=O)c1ccc(Cl)c(NCc2cccc(F)c2)c1. The van der Waals surface area contributed by atoms with Crippen LogP contribution in [0.25, 0.3) is 0 Å². The van der Waals surface area contributed by atoms with Crippen molar-refractivity contribution in [1.82, 2.24) is 5.32 Å². The van der Waals surface area contributed by atoms with Gasteiger partial charge in [0.1, 0.15) is 5.82 Å². The van der Waals surface area contributed by atoms with E-state index in [1.54, 1.807) is 31.3 Å². The summed E-state index contributed by atoms with van der Waals surface area (Å²) >= 11 is 6.07. The molecule has 0 saturated heterocycles. The summed E-state index contributed by atoms with van der Waals surface area (Å²) in [4.78, 5) is 11.6. The van der Waals surface area contributed by atoms with Gasteiger partial charge in [-0.3, -0.25) is 4.79 Å². The molecule has 1 amide bonds. The topological polar surface area (TPSA) is 41.1 Å². The largest absolute Gasteiger partial charge is 0.380 e. The maximum Gasteiger partial charge on any atom is 0.251 e. The van der Waals surface area contributed by atoms with Crippen molar-refractivity contribution >= 4 is 23.2 Å². The van der Waals surface area contributed by atoms with E-state index in [0.717, 1.165) is 5.56 Å². The van der Waals surface area contributed by atoms with Crippen LogP contribution in [-0.2, 0) is 6.54 Å². The van der Waals surface area contributed by atoms with Crippen LogP contribution in [0.2, 0.25) is 5.02 Å². The van der Waals surface area contributed by atoms with Crippen LogP contribution in [-0.4, -0.2) is 13.0 Å². The fraction of sp³-hybridized carbons (Fsp3) is 0.133. The third kappa shape index (κ3) is 3.48. The van der Waals surface area contributed by atoms with Crippen molar-refractivity contribution in [2.75, 3.05) is 12.4 Å². The second-order valence-electron chi connectivity index (χ2n) is 4.26. The summed E-state index contributed by atoms with van der Waals surface area (Å²) in [5.41, 5.74) is 1.95. The van der Waals surface area contributed by atoms with Crippen molar-refractivity contribution in [3.05, 3.63) is 64.4 Å². The zero-order valence-corrected chi connectivity index (χ0v) is 11.7. The minimum atomic E-state index is -0.283. The Morgan fingerprint density at radius 2 is 2.05 bits per heavy atom. The molecule has 0 atom stereocenters. The Hall–Kier alpha value is -2.07. The van der Waals surface area contributed by atoms with Crippen LogP contribution in [0.5, 0.6) is 0 Å². The van der Waals surface area contributed by atoms with Gasteiger partial charge in [-0.15, -0.1) is 0 Å². The molecule has 0 fully saturated rings. The summed E-state index contributed by atoms with van der Waals surface area (Å²) in [5.74, 6) is -0.468. The highest BCUT2D eigenvalue weighted by molar-refractivity contribution is 6.33. The summed E-state index contributed by atoms with van der Waals surface area (Å²) in [5, 5.41) is 6.16. The predicted octanol–water partition coefficient (Wildman–Crippen LogP) is 3.45. The maximum absolute atomic E-state index is 13.1. The van der Waals surface area contributed by atoms with Crippen LogP contribution in [0, 0.1) is 5.82 Å². The second kappa shape index (κ2) is 6.39. The Morgan fingerprint density at radius 1 is 1.25 bits per heavy atom. The summed E-state index contributed by atoms with van der Waals surface area (Å²) in [6, 6.07) is 11.3. The molecule has 0 radical (unpaired) electrons. The fourth-order valence-electron chi connectivity index (χ4n) is 1.79. The highest BCUT2D eigenvalue weighted by Gasteiger charge is 2.07. The smallest absolute Gasteiger partial charge is 0.251 e. The number of halogens is 2. The molecular weight excluding hydrogens is 279 g/mol. The Labute approximate surface area is 121 Å². The van der Waals surface area contributed by atoms with E-state index in [1.807, 2.05) is 6.07 Å². The van der Waals surface area contributed by atoms with Gasteiger partial charge in [0.2, 0.25) is 0 Å². The Balaban J connectivity index is 2.14. The van der Waals surface area contributed by atoms with Crippen LogP contribution < -0.4 is 10.6 Å². The first kappa shape index (κ1) is 14.3. The molecule has 2 rings (SSSR count). The van der Waals surface area contributed by atoms with Gasteiger partial charge in [-0.25, -0.2) is 4.39 Å². The minimum Gasteiger partial charge on any atom is -0.380 e. The molecule has 0 aromatic heterocycles. The van der Waals surface area contributed by atoms with Crippen molar-refractivity contribution in [2.24, 2.45) is 0 Å². The van der Waals surface area contributed by atoms with Crippen LogP contribution in [0.15, 0.2) is 42.5 Å². The highest BCUT2D eigenvalue weighted by Crippen LogP contribution is 2.23.